The van der Waals surface area contributed by atoms with E-state index in [1.165, 1.54) is 5.56 Å². The molecule has 0 aliphatic carbocycles. The molecule has 7 nitrogen and oxygen atoms in total. The molecule has 1 aromatic rings. The van der Waals surface area contributed by atoms with E-state index in [9.17, 15) is 9.59 Å². The van der Waals surface area contributed by atoms with Gasteiger partial charge in [0.15, 0.2) is 11.5 Å². The number of hydrogen-bond donors (Lipinski definition) is 1. The highest BCUT2D eigenvalue weighted by atomic mass is 16.6. The minimum atomic E-state index is -1.54. The van der Waals surface area contributed by atoms with E-state index in [0.29, 0.717) is 23.8 Å². The van der Waals surface area contributed by atoms with Crippen molar-refractivity contribution in [2.75, 3.05) is 27.3 Å². The Bertz CT molecular complexity index is 747. The second kappa shape index (κ2) is 8.39. The van der Waals surface area contributed by atoms with Crippen molar-refractivity contribution in [2.45, 2.75) is 45.3 Å². The van der Waals surface area contributed by atoms with Crippen LogP contribution in [0.4, 0.5) is 0 Å². The maximum absolute atomic E-state index is 11.8. The Morgan fingerprint density at radius 2 is 1.89 bits per heavy atom. The van der Waals surface area contributed by atoms with Crippen molar-refractivity contribution in [3.8, 4) is 11.5 Å². The van der Waals surface area contributed by atoms with Crippen LogP contribution in [0.3, 0.4) is 0 Å². The van der Waals surface area contributed by atoms with Crippen molar-refractivity contribution in [1.82, 2.24) is 4.90 Å². The van der Waals surface area contributed by atoms with Crippen LogP contribution in [0.15, 0.2) is 12.1 Å². The molecule has 2 aliphatic heterocycles. The SMILES string of the molecule is COc1cc2c(cc1OC)[C@H]1C[C@@H](OC(=O)C(=O)O)[C@H](CC(C)C)CN1CC2. The molecule has 7 heteroatoms. The van der Waals surface area contributed by atoms with Gasteiger partial charge in [0, 0.05) is 31.5 Å². The number of piperidine rings is 1. The quantitative estimate of drug-likeness (QED) is 0.610. The lowest BCUT2D eigenvalue weighted by Crippen LogP contribution is -2.50. The molecule has 2 aliphatic rings. The van der Waals surface area contributed by atoms with E-state index in [4.69, 9.17) is 19.3 Å². The highest BCUT2D eigenvalue weighted by molar-refractivity contribution is 6.28. The molecule has 0 aromatic heterocycles. The molecule has 0 radical (unpaired) electrons. The van der Waals surface area contributed by atoms with Crippen molar-refractivity contribution in [3.63, 3.8) is 0 Å². The Kier molecular flexibility index (Phi) is 6.13. The van der Waals surface area contributed by atoms with E-state index < -0.39 is 18.0 Å². The Balaban J connectivity index is 1.91. The number of esters is 1. The number of carbonyl (C=O) groups is 2. The molecule has 3 rings (SSSR count). The second-order valence-corrected chi connectivity index (χ2v) is 8.04. The monoisotopic (exact) mass is 391 g/mol. The van der Waals surface area contributed by atoms with E-state index >= 15 is 0 Å². The van der Waals surface area contributed by atoms with Crippen LogP contribution in [0, 0.1) is 11.8 Å². The van der Waals surface area contributed by atoms with Crippen molar-refractivity contribution >= 4 is 11.9 Å². The number of fused-ring (bicyclic) bond motifs is 3. The number of hydrogen-bond acceptors (Lipinski definition) is 6. The molecule has 2 heterocycles. The first kappa shape index (κ1) is 20.5. The maximum Gasteiger partial charge on any atom is 0.417 e. The molecule has 154 valence electrons. The highest BCUT2D eigenvalue weighted by Gasteiger charge is 2.41. The van der Waals surface area contributed by atoms with Crippen LogP contribution in [0.2, 0.25) is 0 Å². The molecule has 0 spiro atoms. The highest BCUT2D eigenvalue weighted by Crippen LogP contribution is 2.44. The van der Waals surface area contributed by atoms with Gasteiger partial charge in [-0.15, -0.1) is 0 Å². The van der Waals surface area contributed by atoms with E-state index in [0.717, 1.165) is 31.5 Å². The lowest BCUT2D eigenvalue weighted by Gasteiger charge is -2.47. The summed E-state index contributed by atoms with van der Waals surface area (Å²) in [7, 11) is 3.24. The molecule has 0 saturated carbocycles. The molecule has 1 fully saturated rings. The predicted molar refractivity (Wildman–Crippen MR) is 103 cm³/mol. The predicted octanol–water partition coefficient (Wildman–Crippen LogP) is 2.67. The topological polar surface area (TPSA) is 85.3 Å². The summed E-state index contributed by atoms with van der Waals surface area (Å²) in [5.41, 5.74) is 2.34. The first-order valence-corrected chi connectivity index (χ1v) is 9.76. The van der Waals surface area contributed by atoms with Gasteiger partial charge in [-0.3, -0.25) is 4.90 Å². The van der Waals surface area contributed by atoms with Crippen LogP contribution in [0.25, 0.3) is 0 Å². The number of nitrogens with zero attached hydrogens (tertiary/aromatic N) is 1. The summed E-state index contributed by atoms with van der Waals surface area (Å²) in [6.07, 6.45) is 1.98. The molecule has 1 saturated heterocycles. The Labute approximate surface area is 165 Å². The first-order chi connectivity index (χ1) is 13.3. The molecular formula is C21H29NO6. The number of ether oxygens (including phenoxy) is 3. The maximum atomic E-state index is 11.8. The van der Waals surface area contributed by atoms with E-state index in [1.54, 1.807) is 14.2 Å². The average Bonchev–Trinajstić information content (AvgIpc) is 2.66. The summed E-state index contributed by atoms with van der Waals surface area (Å²) in [6.45, 7) is 5.96. The van der Waals surface area contributed by atoms with Crippen molar-refractivity contribution in [2.24, 2.45) is 11.8 Å². The van der Waals surface area contributed by atoms with Gasteiger partial charge in [-0.25, -0.2) is 9.59 Å². The normalized spacial score (nSPS) is 24.2. The van der Waals surface area contributed by atoms with E-state index in [1.807, 2.05) is 12.1 Å². The summed E-state index contributed by atoms with van der Waals surface area (Å²) in [5.74, 6) is -0.768. The second-order valence-electron chi connectivity index (χ2n) is 8.04. The van der Waals surface area contributed by atoms with Gasteiger partial charge in [-0.1, -0.05) is 13.8 Å². The van der Waals surface area contributed by atoms with Crippen LogP contribution in [0.1, 0.15) is 43.9 Å². The van der Waals surface area contributed by atoms with E-state index in [-0.39, 0.29) is 12.0 Å². The van der Waals surface area contributed by atoms with Crippen LogP contribution in [-0.2, 0) is 20.7 Å². The Morgan fingerprint density at radius 3 is 2.50 bits per heavy atom. The van der Waals surface area contributed by atoms with Crippen LogP contribution < -0.4 is 9.47 Å². The number of methoxy groups -OCH3 is 2. The lowest BCUT2D eigenvalue weighted by molar-refractivity contribution is -0.172. The third kappa shape index (κ3) is 4.09. The molecule has 0 unspecified atom stereocenters. The summed E-state index contributed by atoms with van der Waals surface area (Å²) < 4.78 is 16.3. The molecule has 1 N–H and O–H groups in total. The number of aliphatic carboxylic acids is 1. The summed E-state index contributed by atoms with van der Waals surface area (Å²) in [5, 5.41) is 8.98. The van der Waals surface area contributed by atoms with Gasteiger partial charge >= 0.3 is 11.9 Å². The van der Waals surface area contributed by atoms with Gasteiger partial charge in [-0.05, 0) is 42.0 Å². The largest absolute Gasteiger partial charge is 0.493 e. The zero-order chi connectivity index (χ0) is 20.4. The number of carbonyl (C=O) groups excluding carboxylic acids is 1. The first-order valence-electron chi connectivity index (χ1n) is 9.76. The molecule has 3 atom stereocenters. The summed E-state index contributed by atoms with van der Waals surface area (Å²) in [6, 6.07) is 4.09. The fourth-order valence-electron chi connectivity index (χ4n) is 4.57. The van der Waals surface area contributed by atoms with Crippen molar-refractivity contribution < 1.29 is 28.9 Å². The smallest absolute Gasteiger partial charge is 0.417 e. The third-order valence-corrected chi connectivity index (χ3v) is 5.77. The molecule has 1 aromatic carbocycles. The molecular weight excluding hydrogens is 362 g/mol. The lowest BCUT2D eigenvalue weighted by atomic mass is 9.79. The zero-order valence-electron chi connectivity index (χ0n) is 16.9. The van der Waals surface area contributed by atoms with Crippen LogP contribution >= 0.6 is 0 Å². The standard InChI is InChI=1S/C21H29NO6/c1-12(2)7-14-11-22-6-5-13-8-18(26-3)19(27-4)9-15(13)16(22)10-17(14)28-21(25)20(23)24/h8-9,12,14,16-17H,5-7,10-11H2,1-4H3,(H,23,24)/t14-,16-,17-/m1/s1. The molecule has 0 bridgehead atoms. The van der Waals surface area contributed by atoms with Crippen molar-refractivity contribution in [3.05, 3.63) is 23.3 Å². The van der Waals surface area contributed by atoms with Gasteiger partial charge in [-0.2, -0.15) is 0 Å². The molecule has 28 heavy (non-hydrogen) atoms. The van der Waals surface area contributed by atoms with Crippen LogP contribution in [0.5, 0.6) is 11.5 Å². The van der Waals surface area contributed by atoms with Gasteiger partial charge in [0.2, 0.25) is 0 Å². The number of carboxylic acid groups (broad SMARTS) is 1. The van der Waals surface area contributed by atoms with Gasteiger partial charge in [0.25, 0.3) is 0 Å². The third-order valence-electron chi connectivity index (χ3n) is 5.77. The fraction of sp³-hybridized carbons (Fsp3) is 0.619. The Hall–Kier alpha value is -2.28. The summed E-state index contributed by atoms with van der Waals surface area (Å²) >= 11 is 0. The van der Waals surface area contributed by atoms with Gasteiger partial charge in [0.05, 0.1) is 14.2 Å². The zero-order valence-corrected chi connectivity index (χ0v) is 16.9. The fourth-order valence-corrected chi connectivity index (χ4v) is 4.57. The van der Waals surface area contributed by atoms with Crippen LogP contribution in [-0.4, -0.2) is 55.4 Å². The minimum Gasteiger partial charge on any atom is -0.493 e. The Morgan fingerprint density at radius 1 is 1.21 bits per heavy atom. The number of carboxylic acids is 1. The number of benzene rings is 1. The number of rotatable bonds is 5. The van der Waals surface area contributed by atoms with Gasteiger partial charge < -0.3 is 19.3 Å². The minimum absolute atomic E-state index is 0.0681. The van der Waals surface area contributed by atoms with E-state index in [2.05, 4.69) is 18.7 Å². The molecule has 0 amide bonds. The summed E-state index contributed by atoms with van der Waals surface area (Å²) in [4.78, 5) is 25.2. The van der Waals surface area contributed by atoms with Gasteiger partial charge in [0.1, 0.15) is 6.10 Å². The van der Waals surface area contributed by atoms with Crippen molar-refractivity contribution in [1.29, 1.82) is 0 Å². The average molecular weight is 391 g/mol.